The van der Waals surface area contributed by atoms with Crippen LogP contribution in [0.4, 0.5) is 4.79 Å². The highest BCUT2D eigenvalue weighted by Gasteiger charge is 2.52. The van der Waals surface area contributed by atoms with Gasteiger partial charge in [0.25, 0.3) is 11.8 Å². The number of halogens is 1. The van der Waals surface area contributed by atoms with Crippen molar-refractivity contribution in [3.05, 3.63) is 79.6 Å². The lowest BCUT2D eigenvalue weighted by Crippen LogP contribution is -2.62. The topological polar surface area (TPSA) is 422 Å². The highest BCUT2D eigenvalue weighted by atomic mass is 127. The number of amides is 5. The summed E-state index contributed by atoms with van der Waals surface area (Å²) in [4.78, 5) is 117. The van der Waals surface area contributed by atoms with Crippen molar-refractivity contribution >= 4 is 108 Å². The molecule has 33 nitrogen and oxygen atoms in total. The highest BCUT2D eigenvalue weighted by Crippen LogP contribution is 2.50. The van der Waals surface area contributed by atoms with E-state index in [2.05, 4.69) is 45.0 Å². The number of Topliss-reactive ketones (excluding diaryl/α,β-unsaturated/α-hetero) is 1. The fraction of sp³-hybridized carbons (Fsp3) is 0.603. The minimum atomic E-state index is -2.22. The summed E-state index contributed by atoms with van der Waals surface area (Å²) in [6, 6.07) is 5.34. The van der Waals surface area contributed by atoms with E-state index >= 15 is 0 Å². The number of aliphatic hydroxyl groups is 5. The zero-order chi connectivity index (χ0) is 83.9. The maximum Gasteiger partial charge on any atom is 0.411 e. The fourth-order valence-electron chi connectivity index (χ4n) is 14.3. The van der Waals surface area contributed by atoms with Crippen molar-refractivity contribution in [2.45, 2.75) is 234 Å². The third-order valence-electron chi connectivity index (χ3n) is 20.3. The Balaban J connectivity index is 0.901. The van der Waals surface area contributed by atoms with Crippen LogP contribution in [0.5, 0.6) is 23.0 Å². The van der Waals surface area contributed by atoms with Crippen molar-refractivity contribution in [2.24, 2.45) is 11.0 Å². The maximum atomic E-state index is 14.6. The van der Waals surface area contributed by atoms with E-state index in [4.69, 9.17) is 66.5 Å². The molecule has 0 aromatic heterocycles. The van der Waals surface area contributed by atoms with Gasteiger partial charge in [0.15, 0.2) is 35.5 Å². The number of benzene rings is 2. The van der Waals surface area contributed by atoms with Crippen molar-refractivity contribution in [1.29, 1.82) is 0 Å². The third-order valence-corrected chi connectivity index (χ3v) is 26.1. The molecule has 0 saturated carbocycles. The Morgan fingerprint density at radius 3 is 2.22 bits per heavy atom. The van der Waals surface area contributed by atoms with Crippen LogP contribution in [-0.2, 0) is 76.3 Å². The highest BCUT2D eigenvalue weighted by molar-refractivity contribution is 14.1. The van der Waals surface area contributed by atoms with Gasteiger partial charge in [-0.1, -0.05) is 63.1 Å². The second-order valence-corrected chi connectivity index (χ2v) is 34.1. The van der Waals surface area contributed by atoms with Crippen LogP contribution >= 0.6 is 55.9 Å². The molecule has 630 valence electrons. The van der Waals surface area contributed by atoms with Crippen LogP contribution in [0.1, 0.15) is 135 Å². The van der Waals surface area contributed by atoms with E-state index in [1.165, 1.54) is 69.1 Å². The van der Waals surface area contributed by atoms with Gasteiger partial charge < -0.3 is 92.1 Å². The first-order valence-corrected chi connectivity index (χ1v) is 41.7. The number of nitrogens with zero attached hydrogens (tertiary/aromatic N) is 3. The quantitative estimate of drug-likeness (QED) is 0.00874. The van der Waals surface area contributed by atoms with E-state index in [-0.39, 0.29) is 116 Å². The number of likely N-dealkylation sites (N-methyl/N-ethyl adjacent to an activating group) is 1. The monoisotopic (exact) mass is 1780 g/mol. The molecule has 5 fully saturated rings. The van der Waals surface area contributed by atoms with E-state index in [1.54, 1.807) is 69.9 Å². The average molecular weight is 1780 g/mol. The fourth-order valence-corrected chi connectivity index (χ4v) is 18.4. The number of hydroxylamine groups is 3. The number of aliphatic hydroxyl groups excluding tert-OH is 4. The first-order valence-electron chi connectivity index (χ1n) is 37.4. The van der Waals surface area contributed by atoms with Crippen LogP contribution in [0.15, 0.2) is 64.4 Å². The van der Waals surface area contributed by atoms with Crippen molar-refractivity contribution in [1.82, 2.24) is 26.2 Å². The molecule has 2 bridgehead atoms. The maximum absolute atomic E-state index is 14.6. The number of carbonyl (C=O) groups excluding carboxylic acids is 8. The molecule has 19 atom stereocenters. The van der Waals surface area contributed by atoms with Crippen molar-refractivity contribution in [3.8, 4) is 46.7 Å². The lowest BCUT2D eigenvalue weighted by Gasteiger charge is -2.47. The van der Waals surface area contributed by atoms with Crippen LogP contribution in [0.25, 0.3) is 0 Å². The Bertz CT molecular complexity index is 4120. The number of rotatable bonds is 32. The minimum Gasteiger partial charge on any atom is -0.494 e. The zero-order valence-electron chi connectivity index (χ0n) is 66.3. The number of methoxy groups -OCH3 is 5. The number of hydrazone groups is 1. The van der Waals surface area contributed by atoms with Gasteiger partial charge in [-0.2, -0.15) is 10.6 Å². The second kappa shape index (κ2) is 41.6. The molecule has 7 aliphatic rings. The Kier molecular flexibility index (Phi) is 33.3. The van der Waals surface area contributed by atoms with Gasteiger partial charge in [0.2, 0.25) is 29.0 Å². The van der Waals surface area contributed by atoms with Crippen LogP contribution in [0.3, 0.4) is 0 Å². The van der Waals surface area contributed by atoms with E-state index in [1.807, 2.05) is 43.4 Å². The second-order valence-electron chi connectivity index (χ2n) is 28.8. The predicted molar refractivity (Wildman–Crippen MR) is 426 cm³/mol. The summed E-state index contributed by atoms with van der Waals surface area (Å²) in [5.74, 6) is 8.04. The van der Waals surface area contributed by atoms with Crippen LogP contribution in [-0.4, -0.2) is 263 Å². The number of hydrogen-bond acceptors (Lipinski definition) is 32. The molecule has 5 aliphatic heterocycles. The number of fused-ring (bicyclic) bond motifs is 2. The molecule has 2 aliphatic carbocycles. The summed E-state index contributed by atoms with van der Waals surface area (Å²) >= 11 is 2.79. The lowest BCUT2D eigenvalue weighted by molar-refractivity contribution is -0.293. The normalized spacial score (nSPS) is 30.3. The summed E-state index contributed by atoms with van der Waals surface area (Å²) in [6.07, 6.45) is -12.7. The SMILES string of the molecule is CCN(C(C)=O)C1COC(CC2C(O[C@H]3C#C/C=C\C#C[C@]4(O)CC(=O)C(NC(=O)OC)=C3/C4=C\CSSC(C)(C)CC(=O)N/N=C(\C)c3ccc(OCCCC(=O)ON4C(=O)CCC4=O)cc3)OC(C)C(NOC3CC(O)C(SC(=O)c4c(C)c(I)c(OC5OC(C)C(O)C(OC)C5O)c(OC)c4OC)C(C)O3)C2O)CC1OC. The van der Waals surface area contributed by atoms with Crippen LogP contribution in [0.2, 0.25) is 0 Å². The Morgan fingerprint density at radius 2 is 1.57 bits per heavy atom. The van der Waals surface area contributed by atoms with Crippen molar-refractivity contribution in [2.75, 3.05) is 61.1 Å². The first kappa shape index (κ1) is 91.9. The summed E-state index contributed by atoms with van der Waals surface area (Å²) in [5.41, 5.74) is 4.67. The summed E-state index contributed by atoms with van der Waals surface area (Å²) < 4.78 is 72.2. The summed E-state index contributed by atoms with van der Waals surface area (Å²) in [7, 11) is 9.34. The molecule has 5 amide bonds. The van der Waals surface area contributed by atoms with Gasteiger partial charge in [-0.25, -0.2) is 15.0 Å². The smallest absolute Gasteiger partial charge is 0.411 e. The lowest BCUT2D eigenvalue weighted by atomic mass is 9.75. The van der Waals surface area contributed by atoms with Gasteiger partial charge in [-0.05, 0) is 138 Å². The molecule has 5 saturated heterocycles. The van der Waals surface area contributed by atoms with Gasteiger partial charge in [0.1, 0.15) is 30.2 Å². The number of ether oxygens (including phenoxy) is 12. The number of carbonyl (C=O) groups is 8. The standard InChI is InChI=1S/C78H101IN6O27S3/c1-15-84(44(7)86)50-38-105-47(34-54(50)99-10)33-48-66(94)63(83-111-59-35-51(87)72(43(6)106-59)114-73(96)60-39(2)62(79)69(71(102-13)68(60)100-11)110-75-67(95)70(101-12)65(93)42(5)108-75)41(4)107-74(48)109-53-21-18-16-17-19-30-78(98)36-52(88)64(80-76(97)103-14)61(53)49(78)29-32-113-115-77(8,9)37-55(89)82-81-40(3)45-23-25-46(26-24-45)104-31-20-22-58(92)112-85-56(90)27-28-57(85)91/h16-17,23-26,29,41-43,47-48,50-51,53-54,59,63,65-67,70,72,74-75,83,87,93-95,98H,15,20,22,27-28,31-38H2,1-14H3,(H,80,97)(H,82,89)/b17-16-,49-29+,81-40+/t41?,42?,43?,47?,48?,50?,51?,53-,54?,59?,63?,65?,66?,67?,70?,72?,74?,75?,78-/m0/s1. The van der Waals surface area contributed by atoms with E-state index < -0.39 is 167 Å². The molecule has 0 radical (unpaired) electrons. The Labute approximate surface area is 692 Å². The van der Waals surface area contributed by atoms with Gasteiger partial charge in [-0.15, -0.1) is 5.06 Å². The van der Waals surface area contributed by atoms with E-state index in [9.17, 15) is 63.9 Å². The molecular formula is C78H101IN6O27S3. The number of imide groups is 1. The molecule has 17 unspecified atom stereocenters. The molecule has 9 rings (SSSR count). The minimum absolute atomic E-state index is 0.000790. The van der Waals surface area contributed by atoms with Crippen LogP contribution < -0.4 is 35.2 Å². The van der Waals surface area contributed by atoms with Gasteiger partial charge >= 0.3 is 12.1 Å². The molecular weight excluding hydrogens is 1680 g/mol. The van der Waals surface area contributed by atoms with E-state index in [0.717, 1.165) is 18.9 Å². The van der Waals surface area contributed by atoms with Gasteiger partial charge in [0.05, 0.1) is 128 Å². The first-order chi connectivity index (χ1) is 54.7. The van der Waals surface area contributed by atoms with Gasteiger partial charge in [-0.3, -0.25) is 38.9 Å². The average Bonchev–Trinajstić information content (AvgIpc) is 0.827. The zero-order valence-corrected chi connectivity index (χ0v) is 70.9. The van der Waals surface area contributed by atoms with Crippen molar-refractivity contribution < 1.29 is 130 Å². The van der Waals surface area contributed by atoms with Crippen molar-refractivity contribution in [3.63, 3.8) is 0 Å². The van der Waals surface area contributed by atoms with E-state index in [0.29, 0.717) is 37.8 Å². The number of allylic oxidation sites excluding steroid dienone is 3. The molecule has 37 heteroatoms. The number of thioether (sulfide) groups is 1. The molecule has 8 N–H and O–H groups in total. The molecule has 115 heavy (non-hydrogen) atoms. The van der Waals surface area contributed by atoms with Crippen LogP contribution in [0, 0.1) is 40.1 Å². The number of nitrogens with one attached hydrogen (secondary N) is 3. The Morgan fingerprint density at radius 1 is 0.870 bits per heavy atom. The Hall–Kier alpha value is -6.97. The molecule has 2 aromatic carbocycles. The molecule has 2 aromatic rings. The van der Waals surface area contributed by atoms with Gasteiger partial charge in [0, 0.05) is 87.4 Å². The number of hydrogen-bond donors (Lipinski definition) is 8. The largest absolute Gasteiger partial charge is 0.494 e. The summed E-state index contributed by atoms with van der Waals surface area (Å²) in [5, 5.41) is 65.4. The molecule has 0 spiro atoms. The predicted octanol–water partition coefficient (Wildman–Crippen LogP) is 5.32. The summed E-state index contributed by atoms with van der Waals surface area (Å²) in [6.45, 7) is 15.9. The number of alkyl carbamates (subject to hydrolysis) is 1. The third kappa shape index (κ3) is 22.7. The molecule has 5 heterocycles. The number of ketones is 1.